The predicted octanol–water partition coefficient (Wildman–Crippen LogP) is 5.91. The van der Waals surface area contributed by atoms with Crippen molar-refractivity contribution in [3.05, 3.63) is 53.1 Å². The Morgan fingerprint density at radius 1 is 0.767 bits per heavy atom. The number of aromatic carboxylic acids is 1. The summed E-state index contributed by atoms with van der Waals surface area (Å²) in [6, 6.07) is 8.85. The van der Waals surface area contributed by atoms with E-state index in [2.05, 4.69) is 10.6 Å². The molecular weight excluding hydrogens is 596 g/mol. The van der Waals surface area contributed by atoms with E-state index in [9.17, 15) is 35.8 Å². The Kier molecular flexibility index (Phi) is 6.05. The van der Waals surface area contributed by atoms with Gasteiger partial charge in [0.05, 0.1) is 27.7 Å². The van der Waals surface area contributed by atoms with Gasteiger partial charge in [-0.1, -0.05) is 39.8 Å². The van der Waals surface area contributed by atoms with Crippen LogP contribution in [0.3, 0.4) is 0 Å². The number of hydrogen-bond donors (Lipinski definition) is 5. The van der Waals surface area contributed by atoms with Crippen LogP contribution in [0.1, 0.15) is 63.0 Å². The molecule has 1 aromatic heterocycles. The fraction of sp³-hybridized carbons (Fsp3) is 0.333. The van der Waals surface area contributed by atoms with Gasteiger partial charge in [-0.15, -0.1) is 0 Å². The van der Waals surface area contributed by atoms with E-state index in [1.54, 1.807) is 12.1 Å². The number of carbonyl (C=O) groups is 1. The molecule has 0 fully saturated rings. The molecule has 0 saturated heterocycles. The van der Waals surface area contributed by atoms with Crippen LogP contribution in [0.15, 0.2) is 50.6 Å². The Morgan fingerprint density at radius 2 is 1.16 bits per heavy atom. The number of carboxylic acids is 1. The van der Waals surface area contributed by atoms with E-state index < -0.39 is 46.8 Å². The quantitative estimate of drug-likeness (QED) is 0.103. The van der Waals surface area contributed by atoms with Gasteiger partial charge in [0.2, 0.25) is 9.79 Å². The lowest BCUT2D eigenvalue weighted by Crippen LogP contribution is -2.29. The predicted molar refractivity (Wildman–Crippen MR) is 162 cm³/mol. The molecule has 13 heteroatoms. The molecule has 6 rings (SSSR count). The van der Waals surface area contributed by atoms with Gasteiger partial charge in [-0.25, -0.2) is 9.21 Å². The third kappa shape index (κ3) is 4.13. The second kappa shape index (κ2) is 8.88. The maximum atomic E-state index is 13.0. The van der Waals surface area contributed by atoms with Crippen molar-refractivity contribution < 1.29 is 40.3 Å². The highest BCUT2D eigenvalue weighted by Gasteiger charge is 2.47. The number of carboxylic acid groups (broad SMARTS) is 1. The third-order valence-corrected chi connectivity index (χ3v) is 11.2. The summed E-state index contributed by atoms with van der Waals surface area (Å²) in [6.45, 7) is 11.4. The molecule has 3 heterocycles. The molecule has 2 aliphatic rings. The fourth-order valence-electron chi connectivity index (χ4n) is 6.25. The Balaban J connectivity index is 1.93. The van der Waals surface area contributed by atoms with Crippen LogP contribution in [0.2, 0.25) is 0 Å². The SMILES string of the molecule is CC1Nc2c(cc3c(-c4ccc(C(=O)O)cc4)c4cc5c(c(S(=O)(=O)O)c4[o+]c3c2S(=O)(=O)O)NC(C)C5(C)C)C1(C)C. The highest BCUT2D eigenvalue weighted by molar-refractivity contribution is 7.86. The van der Waals surface area contributed by atoms with E-state index in [0.717, 1.165) is 0 Å². The Bertz CT molecular complexity index is 2020. The van der Waals surface area contributed by atoms with Gasteiger partial charge >= 0.3 is 37.4 Å². The first-order valence-electron chi connectivity index (χ1n) is 13.6. The lowest BCUT2D eigenvalue weighted by Gasteiger charge is -2.24. The maximum Gasteiger partial charge on any atom is 0.384 e. The number of anilines is 2. The monoisotopic (exact) mass is 627 g/mol. The van der Waals surface area contributed by atoms with Crippen LogP contribution in [0.25, 0.3) is 33.1 Å². The van der Waals surface area contributed by atoms with Crippen molar-refractivity contribution in [2.24, 2.45) is 0 Å². The van der Waals surface area contributed by atoms with E-state index in [1.165, 1.54) is 24.3 Å². The highest BCUT2D eigenvalue weighted by Crippen LogP contribution is 2.53. The minimum Gasteiger partial charge on any atom is -0.478 e. The number of fused-ring (bicyclic) bond motifs is 4. The number of rotatable bonds is 4. The highest BCUT2D eigenvalue weighted by atomic mass is 32.2. The van der Waals surface area contributed by atoms with Gasteiger partial charge in [0, 0.05) is 28.5 Å². The first-order chi connectivity index (χ1) is 19.8. The van der Waals surface area contributed by atoms with Crippen molar-refractivity contribution in [1.82, 2.24) is 0 Å². The largest absolute Gasteiger partial charge is 0.478 e. The summed E-state index contributed by atoms with van der Waals surface area (Å²) in [5, 5.41) is 16.3. The lowest BCUT2D eigenvalue weighted by molar-refractivity contribution is 0.0696. The first kappa shape index (κ1) is 29.3. The molecule has 4 aromatic rings. The van der Waals surface area contributed by atoms with Crippen molar-refractivity contribution in [3.63, 3.8) is 0 Å². The molecule has 0 spiro atoms. The van der Waals surface area contributed by atoms with Crippen LogP contribution in [-0.4, -0.2) is 49.1 Å². The van der Waals surface area contributed by atoms with E-state index in [-0.39, 0.29) is 51.0 Å². The van der Waals surface area contributed by atoms with Gasteiger partial charge in [0.25, 0.3) is 0 Å². The lowest BCUT2D eigenvalue weighted by atomic mass is 9.79. The van der Waals surface area contributed by atoms with Crippen LogP contribution in [0.4, 0.5) is 11.4 Å². The Hall–Kier alpha value is -3.78. The molecule has 5 N–H and O–H groups in total. The molecule has 0 amide bonds. The van der Waals surface area contributed by atoms with Crippen LogP contribution in [0, 0.1) is 0 Å². The second-order valence-electron chi connectivity index (χ2n) is 12.5. The summed E-state index contributed by atoms with van der Waals surface area (Å²) in [7, 11) is -9.93. The van der Waals surface area contributed by atoms with Crippen LogP contribution < -0.4 is 10.6 Å². The molecule has 0 radical (unpaired) electrons. The molecule has 2 unspecified atom stereocenters. The molecule has 0 saturated carbocycles. The zero-order valence-electron chi connectivity index (χ0n) is 24.2. The summed E-state index contributed by atoms with van der Waals surface area (Å²) >= 11 is 0. The molecule has 2 aliphatic heterocycles. The minimum absolute atomic E-state index is 0.00956. The van der Waals surface area contributed by atoms with Crippen LogP contribution >= 0.6 is 0 Å². The van der Waals surface area contributed by atoms with E-state index in [0.29, 0.717) is 22.3 Å². The molecule has 226 valence electrons. The zero-order chi connectivity index (χ0) is 31.6. The second-order valence-corrected chi connectivity index (χ2v) is 15.2. The van der Waals surface area contributed by atoms with E-state index >= 15 is 0 Å². The molecule has 0 aliphatic carbocycles. The van der Waals surface area contributed by atoms with Gasteiger partial charge in [0.15, 0.2) is 0 Å². The van der Waals surface area contributed by atoms with Crippen LogP contribution in [-0.2, 0) is 31.1 Å². The van der Waals surface area contributed by atoms with Gasteiger partial charge in [-0.3, -0.25) is 9.11 Å². The third-order valence-electron chi connectivity index (χ3n) is 9.43. The minimum atomic E-state index is -4.96. The van der Waals surface area contributed by atoms with Crippen molar-refractivity contribution in [1.29, 1.82) is 0 Å². The summed E-state index contributed by atoms with van der Waals surface area (Å²) in [6.07, 6.45) is 0. The summed E-state index contributed by atoms with van der Waals surface area (Å²) in [4.78, 5) is 10.5. The first-order valence-corrected chi connectivity index (χ1v) is 16.4. The molecule has 11 nitrogen and oxygen atoms in total. The molecule has 3 aromatic carbocycles. The molecular formula is C30H31N2O9S2+. The van der Waals surface area contributed by atoms with E-state index in [4.69, 9.17) is 4.42 Å². The summed E-state index contributed by atoms with van der Waals surface area (Å²) < 4.78 is 79.4. The smallest absolute Gasteiger partial charge is 0.384 e. The van der Waals surface area contributed by atoms with Gasteiger partial charge in [-0.05, 0) is 54.8 Å². The van der Waals surface area contributed by atoms with Crippen molar-refractivity contribution in [2.45, 2.75) is 74.2 Å². The van der Waals surface area contributed by atoms with Crippen molar-refractivity contribution in [2.75, 3.05) is 10.6 Å². The fourth-order valence-corrected chi connectivity index (χ4v) is 7.87. The average Bonchev–Trinajstić information content (AvgIpc) is 3.24. The maximum absolute atomic E-state index is 13.0. The van der Waals surface area contributed by atoms with Crippen molar-refractivity contribution in [3.8, 4) is 11.1 Å². The van der Waals surface area contributed by atoms with E-state index in [1.807, 2.05) is 41.5 Å². The standard InChI is InChI=1S/C30H30N2O9S2/c1-13-29(3,4)19-11-17-21(15-7-9-16(10-8-15)28(33)34)18-12-20-23(32-14(2)30(20,5)6)27(43(38,39)40)25(18)41-24(17)26(22(19)31-13)42(35,36)37/h7-14,31-32H,1-6H3,(H2-,33,34,35,36,37,38,39,40)/p+1. The van der Waals surface area contributed by atoms with Crippen molar-refractivity contribution >= 4 is 59.5 Å². The Morgan fingerprint density at radius 3 is 1.51 bits per heavy atom. The number of nitrogens with one attached hydrogen (secondary N) is 2. The molecule has 0 bridgehead atoms. The average molecular weight is 628 g/mol. The zero-order valence-corrected chi connectivity index (χ0v) is 25.9. The van der Waals surface area contributed by atoms with Gasteiger partial charge in [0.1, 0.15) is 0 Å². The van der Waals surface area contributed by atoms with Crippen LogP contribution in [0.5, 0.6) is 0 Å². The Labute approximate surface area is 248 Å². The van der Waals surface area contributed by atoms with Gasteiger partial charge < -0.3 is 15.7 Å². The topological polar surface area (TPSA) is 181 Å². The normalized spacial score (nSPS) is 20.5. The summed E-state index contributed by atoms with van der Waals surface area (Å²) in [5.74, 6) is -1.15. The number of benzene rings is 3. The molecule has 43 heavy (non-hydrogen) atoms. The van der Waals surface area contributed by atoms with Gasteiger partial charge in [-0.2, -0.15) is 16.8 Å². The molecule has 2 atom stereocenters. The summed E-state index contributed by atoms with van der Waals surface area (Å²) in [5.41, 5.74) is 0.395. The number of hydrogen-bond acceptors (Lipinski definition) is 7.